The molecule has 28 heavy (non-hydrogen) atoms. The number of imide groups is 1. The highest BCUT2D eigenvalue weighted by molar-refractivity contribution is 6.31. The molecule has 0 unspecified atom stereocenters. The number of carbonyl (C=O) groups excluding carboxylic acids is 2. The Balaban J connectivity index is 1.63. The molecule has 1 saturated carbocycles. The predicted octanol–water partition coefficient (Wildman–Crippen LogP) is 4.22. The third-order valence-corrected chi connectivity index (χ3v) is 6.44. The number of hydrogen-bond acceptors (Lipinski definition) is 4. The van der Waals surface area contributed by atoms with Gasteiger partial charge in [0.25, 0.3) is 0 Å². The van der Waals surface area contributed by atoms with E-state index in [-0.39, 0.29) is 37.3 Å². The van der Waals surface area contributed by atoms with E-state index >= 15 is 0 Å². The topological polar surface area (TPSA) is 66.8 Å². The molecular weight excluding hydrogens is 378 g/mol. The molecule has 1 aromatic rings. The fraction of sp³-hybridized carbons (Fsp3) is 0.636. The second-order valence-electron chi connectivity index (χ2n) is 8.59. The third-order valence-electron chi connectivity index (χ3n) is 6.04. The van der Waals surface area contributed by atoms with Crippen molar-refractivity contribution >= 4 is 23.4 Å². The zero-order valence-electron chi connectivity index (χ0n) is 17.0. The molecular formula is C22H30ClNO4. The molecule has 0 bridgehead atoms. The highest BCUT2D eigenvalue weighted by Crippen LogP contribution is 2.45. The second kappa shape index (κ2) is 8.42. The van der Waals surface area contributed by atoms with Crippen LogP contribution in [0.2, 0.25) is 5.02 Å². The highest BCUT2D eigenvalue weighted by atomic mass is 35.5. The van der Waals surface area contributed by atoms with Crippen LogP contribution in [0.1, 0.15) is 69.4 Å². The van der Waals surface area contributed by atoms with Gasteiger partial charge in [0.05, 0.1) is 12.0 Å². The monoisotopic (exact) mass is 407 g/mol. The third kappa shape index (κ3) is 4.20. The fourth-order valence-corrected chi connectivity index (χ4v) is 4.53. The number of hydrogen-bond donors (Lipinski definition) is 1. The standard InChI is InChI=1S/C22H30ClNO4/c1-14(2)17-10-18(23)15(3)9-19(17)28-13-16(25)12-24-20(26)11-22(21(24)27)7-5-4-6-8-22/h9-10,14,16,25H,4-8,11-13H2,1-3H3/t16-/m1/s1. The fourth-order valence-electron chi connectivity index (χ4n) is 4.36. The number of halogens is 1. The van der Waals surface area contributed by atoms with Crippen molar-refractivity contribution in [1.82, 2.24) is 4.90 Å². The minimum atomic E-state index is -0.928. The van der Waals surface area contributed by atoms with E-state index in [9.17, 15) is 14.7 Å². The number of benzene rings is 1. The maximum absolute atomic E-state index is 12.9. The molecule has 3 rings (SSSR count). The van der Waals surface area contributed by atoms with Crippen LogP contribution >= 0.6 is 11.6 Å². The van der Waals surface area contributed by atoms with Crippen molar-refractivity contribution in [3.8, 4) is 5.75 Å². The molecule has 2 amide bonds. The summed E-state index contributed by atoms with van der Waals surface area (Å²) in [5, 5.41) is 11.1. The highest BCUT2D eigenvalue weighted by Gasteiger charge is 2.51. The lowest BCUT2D eigenvalue weighted by Crippen LogP contribution is -2.42. The first-order chi connectivity index (χ1) is 13.2. The molecule has 1 heterocycles. The van der Waals surface area contributed by atoms with Crippen molar-refractivity contribution in [3.63, 3.8) is 0 Å². The first-order valence-corrected chi connectivity index (χ1v) is 10.6. The predicted molar refractivity (Wildman–Crippen MR) is 109 cm³/mol. The maximum Gasteiger partial charge on any atom is 0.235 e. The van der Waals surface area contributed by atoms with Gasteiger partial charge in [-0.25, -0.2) is 0 Å². The number of aliphatic hydroxyl groups excluding tert-OH is 1. The Bertz CT molecular complexity index is 755. The van der Waals surface area contributed by atoms with Crippen LogP contribution in [0.25, 0.3) is 0 Å². The minimum absolute atomic E-state index is 0.0109. The molecule has 1 spiro atoms. The molecule has 5 nitrogen and oxygen atoms in total. The van der Waals surface area contributed by atoms with Gasteiger partial charge in [-0.15, -0.1) is 0 Å². The average Bonchev–Trinajstić information content (AvgIpc) is 2.86. The normalized spacial score (nSPS) is 20.3. The Hall–Kier alpha value is -1.59. The summed E-state index contributed by atoms with van der Waals surface area (Å²) in [6.07, 6.45) is 4.03. The molecule has 154 valence electrons. The summed E-state index contributed by atoms with van der Waals surface area (Å²) in [5.41, 5.74) is 1.35. The second-order valence-corrected chi connectivity index (χ2v) is 8.99. The van der Waals surface area contributed by atoms with Gasteiger partial charge in [-0.1, -0.05) is 44.7 Å². The van der Waals surface area contributed by atoms with Gasteiger partial charge in [0.15, 0.2) is 0 Å². The van der Waals surface area contributed by atoms with Gasteiger partial charge in [-0.2, -0.15) is 0 Å². The van der Waals surface area contributed by atoms with Gasteiger partial charge in [-0.05, 0) is 48.9 Å². The number of aryl methyl sites for hydroxylation is 1. The molecule has 1 saturated heterocycles. The maximum atomic E-state index is 12.9. The summed E-state index contributed by atoms with van der Waals surface area (Å²) in [5.74, 6) is 0.620. The van der Waals surface area contributed by atoms with E-state index in [1.807, 2.05) is 19.1 Å². The van der Waals surface area contributed by atoms with E-state index in [1.54, 1.807) is 0 Å². The lowest BCUT2D eigenvalue weighted by molar-refractivity contribution is -0.144. The Labute approximate surface area is 172 Å². The molecule has 6 heteroatoms. The van der Waals surface area contributed by atoms with Crippen LogP contribution < -0.4 is 4.74 Å². The number of aliphatic hydroxyl groups is 1. The first kappa shape index (κ1) is 21.1. The van der Waals surface area contributed by atoms with Gasteiger partial charge >= 0.3 is 0 Å². The molecule has 2 aliphatic rings. The van der Waals surface area contributed by atoms with Gasteiger partial charge in [0.1, 0.15) is 18.5 Å². The number of likely N-dealkylation sites (tertiary alicyclic amines) is 1. The van der Waals surface area contributed by atoms with E-state index < -0.39 is 11.5 Å². The molecule has 0 radical (unpaired) electrons. The van der Waals surface area contributed by atoms with Gasteiger partial charge in [0.2, 0.25) is 11.8 Å². The van der Waals surface area contributed by atoms with Crippen molar-refractivity contribution in [2.45, 2.75) is 71.3 Å². The SMILES string of the molecule is Cc1cc(OC[C@H](O)CN2C(=O)CC3(CCCCC3)C2=O)c(C(C)C)cc1Cl. The number of rotatable bonds is 6. The van der Waals surface area contributed by atoms with Crippen molar-refractivity contribution in [2.75, 3.05) is 13.2 Å². The van der Waals surface area contributed by atoms with Crippen molar-refractivity contribution in [2.24, 2.45) is 5.41 Å². The van der Waals surface area contributed by atoms with Crippen LogP contribution in [-0.4, -0.2) is 41.1 Å². The molecule has 1 aliphatic carbocycles. The molecule has 1 aromatic carbocycles. The van der Waals surface area contributed by atoms with Crippen molar-refractivity contribution in [1.29, 1.82) is 0 Å². The van der Waals surface area contributed by atoms with Gasteiger partial charge in [0, 0.05) is 11.4 Å². The zero-order valence-corrected chi connectivity index (χ0v) is 17.7. The summed E-state index contributed by atoms with van der Waals surface area (Å²) in [6, 6.07) is 3.76. The van der Waals surface area contributed by atoms with E-state index in [4.69, 9.17) is 16.3 Å². The number of amides is 2. The summed E-state index contributed by atoms with van der Waals surface area (Å²) < 4.78 is 5.86. The van der Waals surface area contributed by atoms with Crippen molar-refractivity contribution < 1.29 is 19.4 Å². The largest absolute Gasteiger partial charge is 0.491 e. The Morgan fingerprint density at radius 2 is 1.89 bits per heavy atom. The number of carbonyl (C=O) groups is 2. The summed E-state index contributed by atoms with van der Waals surface area (Å²) >= 11 is 6.22. The smallest absolute Gasteiger partial charge is 0.235 e. The summed E-state index contributed by atoms with van der Waals surface area (Å²) in [4.78, 5) is 26.5. The molecule has 2 fully saturated rings. The van der Waals surface area contributed by atoms with Crippen LogP contribution in [0.3, 0.4) is 0 Å². The van der Waals surface area contributed by atoms with Gasteiger partial charge < -0.3 is 9.84 Å². The zero-order chi connectivity index (χ0) is 20.5. The van der Waals surface area contributed by atoms with Crippen molar-refractivity contribution in [3.05, 3.63) is 28.3 Å². The molecule has 1 N–H and O–H groups in total. The van der Waals surface area contributed by atoms with Crippen LogP contribution in [-0.2, 0) is 9.59 Å². The lowest BCUT2D eigenvalue weighted by atomic mass is 9.73. The number of β-amino-alcohol motifs (C(OH)–C–C–N with tert-alkyl or cyclic N) is 1. The van der Waals surface area contributed by atoms with Crippen LogP contribution in [0.4, 0.5) is 0 Å². The Morgan fingerprint density at radius 3 is 2.54 bits per heavy atom. The molecule has 1 aliphatic heterocycles. The summed E-state index contributed by atoms with van der Waals surface area (Å²) in [6.45, 7) is 6.01. The number of ether oxygens (including phenoxy) is 1. The molecule has 1 atom stereocenters. The van der Waals surface area contributed by atoms with E-state index in [0.29, 0.717) is 10.8 Å². The van der Waals surface area contributed by atoms with Crippen LogP contribution in [0.15, 0.2) is 12.1 Å². The lowest BCUT2D eigenvalue weighted by Gasteiger charge is -2.30. The van der Waals surface area contributed by atoms with E-state index in [0.717, 1.165) is 43.2 Å². The number of nitrogens with zero attached hydrogens (tertiary/aromatic N) is 1. The Morgan fingerprint density at radius 1 is 1.21 bits per heavy atom. The van der Waals surface area contributed by atoms with E-state index in [1.165, 1.54) is 4.90 Å². The van der Waals surface area contributed by atoms with Crippen LogP contribution in [0.5, 0.6) is 5.75 Å². The Kier molecular flexibility index (Phi) is 6.35. The minimum Gasteiger partial charge on any atom is -0.491 e. The summed E-state index contributed by atoms with van der Waals surface area (Å²) in [7, 11) is 0. The average molecular weight is 408 g/mol. The van der Waals surface area contributed by atoms with E-state index in [2.05, 4.69) is 13.8 Å². The quantitative estimate of drug-likeness (QED) is 0.717. The molecule has 0 aromatic heterocycles. The first-order valence-electron chi connectivity index (χ1n) is 10.2. The van der Waals surface area contributed by atoms with Gasteiger partial charge in [-0.3, -0.25) is 14.5 Å². The van der Waals surface area contributed by atoms with Crippen LogP contribution in [0, 0.1) is 12.3 Å².